The number of carbonyl (C=O) groups is 1. The van der Waals surface area contributed by atoms with E-state index in [0.717, 1.165) is 17.7 Å². The molecule has 0 aliphatic carbocycles. The van der Waals surface area contributed by atoms with Gasteiger partial charge in [-0.05, 0) is 49.2 Å². The smallest absolute Gasteiger partial charge is 0.322 e. The number of anilines is 1. The third-order valence-corrected chi connectivity index (χ3v) is 4.70. The van der Waals surface area contributed by atoms with Crippen LogP contribution < -0.4 is 10.1 Å². The van der Waals surface area contributed by atoms with E-state index in [1.54, 1.807) is 24.1 Å². The number of carbonyl (C=O) groups excluding carboxylic acids is 1. The molecule has 0 bridgehead atoms. The van der Waals surface area contributed by atoms with Gasteiger partial charge in [0.2, 0.25) is 11.7 Å². The van der Waals surface area contributed by atoms with Crippen LogP contribution in [0.15, 0.2) is 53.1 Å². The Morgan fingerprint density at radius 1 is 1.25 bits per heavy atom. The summed E-state index contributed by atoms with van der Waals surface area (Å²) in [5.74, 6) is 1.07. The van der Waals surface area contributed by atoms with E-state index < -0.39 is 11.8 Å². The standard InChI is InChI=1S/C20H19FN4O3/c1-27-14-10-8-13(9-11-14)18-23-19(28-24-18)17-7-4-12-25(17)20(26)22-16-6-3-2-5-15(16)21/h2-3,5-6,8-11,17H,4,7,12H2,1H3,(H,22,26)/t17-/m1/s1. The number of ether oxygens (including phenoxy) is 1. The lowest BCUT2D eigenvalue weighted by Gasteiger charge is -2.22. The van der Waals surface area contributed by atoms with Crippen molar-refractivity contribution in [3.63, 3.8) is 0 Å². The molecule has 0 spiro atoms. The molecule has 2 aromatic carbocycles. The first-order valence-corrected chi connectivity index (χ1v) is 8.96. The molecule has 1 saturated heterocycles. The molecule has 0 radical (unpaired) electrons. The first-order valence-electron chi connectivity index (χ1n) is 8.96. The Morgan fingerprint density at radius 2 is 2.04 bits per heavy atom. The van der Waals surface area contributed by atoms with Crippen LogP contribution in [-0.4, -0.2) is 34.7 Å². The van der Waals surface area contributed by atoms with Crippen LogP contribution in [0.25, 0.3) is 11.4 Å². The largest absolute Gasteiger partial charge is 0.497 e. The molecule has 1 N–H and O–H groups in total. The second-order valence-electron chi connectivity index (χ2n) is 6.45. The van der Waals surface area contributed by atoms with Crippen molar-refractivity contribution in [2.75, 3.05) is 19.0 Å². The summed E-state index contributed by atoms with van der Waals surface area (Å²) in [7, 11) is 1.60. The fourth-order valence-corrected chi connectivity index (χ4v) is 3.24. The van der Waals surface area contributed by atoms with Crippen molar-refractivity contribution < 1.29 is 18.4 Å². The number of aromatic nitrogens is 2. The minimum absolute atomic E-state index is 0.141. The molecule has 1 aromatic heterocycles. The molecule has 1 atom stereocenters. The molecule has 4 rings (SSSR count). The third-order valence-electron chi connectivity index (χ3n) is 4.70. The normalized spacial score (nSPS) is 16.2. The number of nitrogens with one attached hydrogen (secondary N) is 1. The minimum Gasteiger partial charge on any atom is -0.497 e. The van der Waals surface area contributed by atoms with Crippen LogP contribution in [0.4, 0.5) is 14.9 Å². The van der Waals surface area contributed by atoms with E-state index >= 15 is 0 Å². The van der Waals surface area contributed by atoms with E-state index in [0.29, 0.717) is 24.7 Å². The van der Waals surface area contributed by atoms with Gasteiger partial charge in [-0.1, -0.05) is 17.3 Å². The fourth-order valence-electron chi connectivity index (χ4n) is 3.24. The lowest BCUT2D eigenvalue weighted by Crippen LogP contribution is -2.34. The Bertz CT molecular complexity index is 974. The zero-order chi connectivity index (χ0) is 19.5. The van der Waals surface area contributed by atoms with Gasteiger partial charge in [0.05, 0.1) is 12.8 Å². The molecule has 7 nitrogen and oxygen atoms in total. The minimum atomic E-state index is -0.480. The van der Waals surface area contributed by atoms with Crippen LogP contribution in [0.1, 0.15) is 24.8 Å². The molecule has 8 heteroatoms. The summed E-state index contributed by atoms with van der Waals surface area (Å²) < 4.78 is 24.4. The van der Waals surface area contributed by atoms with Crippen molar-refractivity contribution in [3.05, 3.63) is 60.2 Å². The van der Waals surface area contributed by atoms with Crippen LogP contribution in [0.3, 0.4) is 0 Å². The van der Waals surface area contributed by atoms with Gasteiger partial charge in [0, 0.05) is 12.1 Å². The monoisotopic (exact) mass is 382 g/mol. The molecular formula is C20H19FN4O3. The molecule has 0 saturated carbocycles. The number of para-hydroxylation sites is 1. The van der Waals surface area contributed by atoms with Crippen molar-refractivity contribution in [1.29, 1.82) is 0 Å². The summed E-state index contributed by atoms with van der Waals surface area (Å²) in [5.41, 5.74) is 0.929. The highest BCUT2D eigenvalue weighted by atomic mass is 19.1. The molecule has 144 valence electrons. The van der Waals surface area contributed by atoms with E-state index in [2.05, 4.69) is 15.5 Å². The number of benzene rings is 2. The number of urea groups is 1. The summed E-state index contributed by atoms with van der Waals surface area (Å²) in [6, 6.07) is 12.6. The van der Waals surface area contributed by atoms with Crippen molar-refractivity contribution in [3.8, 4) is 17.1 Å². The Labute approximate surface area is 161 Å². The number of rotatable bonds is 4. The Hall–Kier alpha value is -3.42. The van der Waals surface area contributed by atoms with Gasteiger partial charge in [0.15, 0.2) is 0 Å². The molecule has 1 fully saturated rings. The van der Waals surface area contributed by atoms with E-state index in [1.165, 1.54) is 12.1 Å². The van der Waals surface area contributed by atoms with E-state index in [1.807, 2.05) is 24.3 Å². The van der Waals surface area contributed by atoms with Crippen LogP contribution in [0.2, 0.25) is 0 Å². The Kier molecular flexibility index (Phi) is 4.92. The molecule has 28 heavy (non-hydrogen) atoms. The van der Waals surface area contributed by atoms with Crippen molar-refractivity contribution >= 4 is 11.7 Å². The first-order chi connectivity index (χ1) is 13.7. The molecule has 3 aromatic rings. The predicted octanol–water partition coefficient (Wildman–Crippen LogP) is 4.25. The first kappa shape index (κ1) is 18.0. The SMILES string of the molecule is COc1ccc(-c2noc([C@H]3CCCN3C(=O)Nc3ccccc3F)n2)cc1. The fraction of sp³-hybridized carbons (Fsp3) is 0.250. The van der Waals surface area contributed by atoms with E-state index in [4.69, 9.17) is 9.26 Å². The summed E-state index contributed by atoms with van der Waals surface area (Å²) in [6.45, 7) is 0.533. The van der Waals surface area contributed by atoms with Gasteiger partial charge in [-0.2, -0.15) is 4.98 Å². The predicted molar refractivity (Wildman–Crippen MR) is 100 cm³/mol. The van der Waals surface area contributed by atoms with Crippen LogP contribution in [0.5, 0.6) is 5.75 Å². The molecule has 1 aliphatic heterocycles. The molecular weight excluding hydrogens is 363 g/mol. The zero-order valence-electron chi connectivity index (χ0n) is 15.3. The zero-order valence-corrected chi connectivity index (χ0v) is 15.3. The van der Waals surface area contributed by atoms with Crippen molar-refractivity contribution in [1.82, 2.24) is 15.0 Å². The Morgan fingerprint density at radius 3 is 2.79 bits per heavy atom. The maximum Gasteiger partial charge on any atom is 0.322 e. The summed E-state index contributed by atoms with van der Waals surface area (Å²) in [4.78, 5) is 18.7. The van der Waals surface area contributed by atoms with E-state index in [-0.39, 0.29) is 11.7 Å². The van der Waals surface area contributed by atoms with Gasteiger partial charge in [-0.3, -0.25) is 0 Å². The van der Waals surface area contributed by atoms with Gasteiger partial charge in [0.1, 0.15) is 17.6 Å². The van der Waals surface area contributed by atoms with Gasteiger partial charge < -0.3 is 19.5 Å². The Balaban J connectivity index is 1.51. The quantitative estimate of drug-likeness (QED) is 0.729. The summed E-state index contributed by atoms with van der Waals surface area (Å²) >= 11 is 0. The lowest BCUT2D eigenvalue weighted by atomic mass is 10.2. The number of methoxy groups -OCH3 is 1. The van der Waals surface area contributed by atoms with Crippen LogP contribution in [-0.2, 0) is 0 Å². The van der Waals surface area contributed by atoms with Crippen molar-refractivity contribution in [2.24, 2.45) is 0 Å². The topological polar surface area (TPSA) is 80.5 Å². The van der Waals surface area contributed by atoms with Gasteiger partial charge in [0.25, 0.3) is 0 Å². The maximum atomic E-state index is 13.8. The average molecular weight is 382 g/mol. The second-order valence-corrected chi connectivity index (χ2v) is 6.45. The van der Waals surface area contributed by atoms with Crippen molar-refractivity contribution in [2.45, 2.75) is 18.9 Å². The average Bonchev–Trinajstić information content (AvgIpc) is 3.39. The molecule has 0 unspecified atom stereocenters. The molecule has 2 amide bonds. The van der Waals surface area contributed by atoms with Gasteiger partial charge in [-0.15, -0.1) is 0 Å². The third kappa shape index (κ3) is 3.53. The van der Waals surface area contributed by atoms with Crippen LogP contribution in [0, 0.1) is 5.82 Å². The highest BCUT2D eigenvalue weighted by Gasteiger charge is 2.34. The maximum absolute atomic E-state index is 13.8. The number of likely N-dealkylation sites (tertiary alicyclic amines) is 1. The summed E-state index contributed by atoms with van der Waals surface area (Å²) in [5, 5.41) is 6.64. The second kappa shape index (κ2) is 7.67. The summed E-state index contributed by atoms with van der Waals surface area (Å²) in [6.07, 6.45) is 1.50. The van der Waals surface area contributed by atoms with Crippen LogP contribution >= 0.6 is 0 Å². The number of nitrogens with zero attached hydrogens (tertiary/aromatic N) is 3. The van der Waals surface area contributed by atoms with Gasteiger partial charge in [-0.25, -0.2) is 9.18 Å². The number of hydrogen-bond donors (Lipinski definition) is 1. The molecule has 2 heterocycles. The molecule has 1 aliphatic rings. The number of amides is 2. The highest BCUT2D eigenvalue weighted by molar-refractivity contribution is 5.89. The van der Waals surface area contributed by atoms with E-state index in [9.17, 15) is 9.18 Å². The van der Waals surface area contributed by atoms with Gasteiger partial charge >= 0.3 is 6.03 Å². The number of hydrogen-bond acceptors (Lipinski definition) is 5. The number of halogens is 1. The lowest BCUT2D eigenvalue weighted by molar-refractivity contribution is 0.193. The highest BCUT2D eigenvalue weighted by Crippen LogP contribution is 2.33.